The molecule has 0 heterocycles. The Morgan fingerprint density at radius 3 is 2.08 bits per heavy atom. The van der Waals surface area contributed by atoms with Crippen LogP contribution in [0.1, 0.15) is 41.5 Å². The summed E-state index contributed by atoms with van der Waals surface area (Å²) in [5, 5.41) is 3.32. The number of para-hydroxylation sites is 2. The molecule has 9 nitrogen and oxygen atoms in total. The number of carbonyl (C=O) groups is 2. The minimum absolute atomic E-state index is 0.286. The van der Waals surface area contributed by atoms with Crippen LogP contribution in [0, 0.1) is 0 Å². The number of rotatable bonds is 1. The topological polar surface area (TPSA) is 132 Å². The second kappa shape index (κ2) is 8.05. The number of carbonyl (C=O) groups excluding carboxylic acids is 2. The monoisotopic (exact) mass is 365 g/mol. The molecule has 0 fully saturated rings. The van der Waals surface area contributed by atoms with E-state index in [1.165, 1.54) is 0 Å². The summed E-state index contributed by atoms with van der Waals surface area (Å²) < 4.78 is 10.3. The first-order chi connectivity index (χ1) is 11.8. The smallest absolute Gasteiger partial charge is 0.437 e. The van der Waals surface area contributed by atoms with Gasteiger partial charge in [0.1, 0.15) is 11.2 Å². The van der Waals surface area contributed by atoms with Crippen LogP contribution in [-0.2, 0) is 9.47 Å². The van der Waals surface area contributed by atoms with E-state index < -0.39 is 23.4 Å². The molecule has 26 heavy (non-hydrogen) atoms. The molecule has 0 aromatic heterocycles. The van der Waals surface area contributed by atoms with Crippen LogP contribution in [0.15, 0.2) is 29.3 Å². The van der Waals surface area contributed by atoms with Gasteiger partial charge < -0.3 is 15.2 Å². The largest absolute Gasteiger partial charge is 0.444 e. The first-order valence-electron chi connectivity index (χ1n) is 7.99. The van der Waals surface area contributed by atoms with E-state index in [4.69, 9.17) is 21.1 Å². The molecule has 9 heteroatoms. The molecule has 1 aromatic rings. The van der Waals surface area contributed by atoms with Crippen molar-refractivity contribution in [3.63, 3.8) is 0 Å². The van der Waals surface area contributed by atoms with Gasteiger partial charge in [0.15, 0.2) is 0 Å². The third-order valence-corrected chi connectivity index (χ3v) is 2.63. The molecule has 0 aliphatic rings. The molecular weight excluding hydrogens is 338 g/mol. The summed E-state index contributed by atoms with van der Waals surface area (Å²) >= 11 is 0. The Balaban J connectivity index is 3.14. The highest BCUT2D eigenvalue weighted by Gasteiger charge is 2.23. The van der Waals surface area contributed by atoms with Crippen LogP contribution in [0.2, 0.25) is 0 Å². The number of nitrogens with zero attached hydrogens (tertiary/aromatic N) is 2. The number of amides is 2. The minimum atomic E-state index is -0.923. The van der Waals surface area contributed by atoms with E-state index in [1.807, 2.05) is 0 Å². The lowest BCUT2D eigenvalue weighted by Gasteiger charge is -2.25. The van der Waals surface area contributed by atoms with Gasteiger partial charge in [-0.05, 0) is 53.7 Å². The van der Waals surface area contributed by atoms with Crippen molar-refractivity contribution in [1.82, 2.24) is 5.32 Å². The lowest BCUT2D eigenvalue weighted by atomic mass is 10.2. The molecule has 0 saturated heterocycles. The van der Waals surface area contributed by atoms with E-state index in [1.54, 1.807) is 65.8 Å². The first kappa shape index (κ1) is 21.2. The van der Waals surface area contributed by atoms with E-state index in [9.17, 15) is 9.59 Å². The molecule has 0 aliphatic heterocycles. The standard InChI is InChI=1S/C17H27N5O4/c1-16(2,3)25-14(23)20-13(21-15(24)26-17(4,5)6)22(19)12-10-8-7-9-11(12)18/h7-10H,18-19H2,1-6H3,(H,20,21,23,24). The van der Waals surface area contributed by atoms with Crippen molar-refractivity contribution in [3.8, 4) is 0 Å². The number of guanidine groups is 1. The van der Waals surface area contributed by atoms with Gasteiger partial charge in [-0.2, -0.15) is 0 Å². The molecular formula is C17H27N5O4. The SMILES string of the molecule is CC(C)(C)OC(=O)N=C(NC(=O)OC(C)(C)C)N(N)c1ccccc1N. The minimum Gasteiger partial charge on any atom is -0.444 e. The summed E-state index contributed by atoms with van der Waals surface area (Å²) in [6.45, 7) is 10.2. The van der Waals surface area contributed by atoms with Gasteiger partial charge in [-0.3, -0.25) is 5.32 Å². The molecule has 0 unspecified atom stereocenters. The Labute approximate surface area is 153 Å². The highest BCUT2D eigenvalue weighted by molar-refractivity contribution is 6.08. The van der Waals surface area contributed by atoms with Crippen LogP contribution in [-0.4, -0.2) is 29.3 Å². The highest BCUT2D eigenvalue weighted by atomic mass is 16.6. The molecule has 0 spiro atoms. The van der Waals surface area contributed by atoms with Crippen molar-refractivity contribution in [3.05, 3.63) is 24.3 Å². The van der Waals surface area contributed by atoms with Gasteiger partial charge in [0.2, 0.25) is 5.96 Å². The molecule has 1 rings (SSSR count). The fourth-order valence-electron chi connectivity index (χ4n) is 1.73. The Kier molecular flexibility index (Phi) is 6.57. The molecule has 0 aliphatic carbocycles. The maximum Gasteiger partial charge on any atom is 0.437 e. The van der Waals surface area contributed by atoms with Gasteiger partial charge in [0, 0.05) is 0 Å². The number of ether oxygens (including phenoxy) is 2. The predicted octanol–water partition coefficient (Wildman–Crippen LogP) is 2.76. The summed E-state index contributed by atoms with van der Waals surface area (Å²) in [5.41, 5.74) is 5.05. The molecule has 1 aromatic carbocycles. The van der Waals surface area contributed by atoms with E-state index in [2.05, 4.69) is 10.3 Å². The van der Waals surface area contributed by atoms with Crippen LogP contribution in [0.4, 0.5) is 21.0 Å². The van der Waals surface area contributed by atoms with Gasteiger partial charge in [-0.1, -0.05) is 12.1 Å². The van der Waals surface area contributed by atoms with Crippen molar-refractivity contribution in [1.29, 1.82) is 0 Å². The van der Waals surface area contributed by atoms with Crippen LogP contribution < -0.4 is 21.9 Å². The summed E-state index contributed by atoms with van der Waals surface area (Å²) in [7, 11) is 0. The van der Waals surface area contributed by atoms with Crippen LogP contribution in [0.25, 0.3) is 0 Å². The molecule has 2 amide bonds. The number of aliphatic imine (C=N–C) groups is 1. The highest BCUT2D eigenvalue weighted by Crippen LogP contribution is 2.20. The van der Waals surface area contributed by atoms with E-state index in [-0.39, 0.29) is 5.96 Å². The molecule has 5 N–H and O–H groups in total. The van der Waals surface area contributed by atoms with Crippen molar-refractivity contribution < 1.29 is 19.1 Å². The van der Waals surface area contributed by atoms with E-state index >= 15 is 0 Å². The maximum atomic E-state index is 12.1. The third-order valence-electron chi connectivity index (χ3n) is 2.63. The zero-order valence-corrected chi connectivity index (χ0v) is 16.0. The van der Waals surface area contributed by atoms with Gasteiger partial charge in [0.25, 0.3) is 0 Å². The average molecular weight is 365 g/mol. The van der Waals surface area contributed by atoms with E-state index in [0.717, 1.165) is 5.01 Å². The van der Waals surface area contributed by atoms with Crippen LogP contribution in [0.3, 0.4) is 0 Å². The lowest BCUT2D eigenvalue weighted by molar-refractivity contribution is 0.0561. The third kappa shape index (κ3) is 7.39. The summed E-state index contributed by atoms with van der Waals surface area (Å²) in [6.07, 6.45) is -1.75. The Bertz CT molecular complexity index is 689. The van der Waals surface area contributed by atoms with Crippen molar-refractivity contribution in [2.24, 2.45) is 10.8 Å². The predicted molar refractivity (Wildman–Crippen MR) is 101 cm³/mol. The second-order valence-corrected chi connectivity index (χ2v) is 7.47. The fourth-order valence-corrected chi connectivity index (χ4v) is 1.73. The first-order valence-corrected chi connectivity index (χ1v) is 7.99. The quantitative estimate of drug-likeness (QED) is 0.229. The van der Waals surface area contributed by atoms with Crippen molar-refractivity contribution >= 4 is 29.5 Å². The summed E-state index contributed by atoms with van der Waals surface area (Å²) in [6, 6.07) is 6.65. The van der Waals surface area contributed by atoms with Crippen molar-refractivity contribution in [2.75, 3.05) is 10.7 Å². The number of anilines is 2. The normalized spacial score (nSPS) is 12.3. The van der Waals surface area contributed by atoms with Crippen LogP contribution in [0.5, 0.6) is 0 Å². The molecule has 0 radical (unpaired) electrons. The van der Waals surface area contributed by atoms with Gasteiger partial charge >= 0.3 is 12.2 Å². The lowest BCUT2D eigenvalue weighted by Crippen LogP contribution is -2.50. The second-order valence-electron chi connectivity index (χ2n) is 7.47. The van der Waals surface area contributed by atoms with Gasteiger partial charge in [-0.15, -0.1) is 4.99 Å². The van der Waals surface area contributed by atoms with Gasteiger partial charge in [0.05, 0.1) is 11.4 Å². The number of alkyl carbamates (subject to hydrolysis) is 1. The average Bonchev–Trinajstić information content (AvgIpc) is 2.42. The maximum absolute atomic E-state index is 12.1. The molecule has 0 atom stereocenters. The van der Waals surface area contributed by atoms with Crippen LogP contribution >= 0.6 is 0 Å². The molecule has 0 saturated carbocycles. The number of nitrogens with two attached hydrogens (primary N) is 2. The van der Waals surface area contributed by atoms with Gasteiger partial charge in [-0.25, -0.2) is 20.4 Å². The number of nitrogen functional groups attached to an aromatic ring is 1. The summed E-state index contributed by atoms with van der Waals surface area (Å²) in [5.74, 6) is 5.72. The molecule has 0 bridgehead atoms. The Hall–Kier alpha value is -2.81. The number of hydrogen-bond donors (Lipinski definition) is 3. The van der Waals surface area contributed by atoms with Crippen molar-refractivity contribution in [2.45, 2.75) is 52.7 Å². The number of hydrogen-bond acceptors (Lipinski definition) is 6. The number of benzene rings is 1. The van der Waals surface area contributed by atoms with E-state index in [0.29, 0.717) is 11.4 Å². The zero-order chi connectivity index (χ0) is 20.1. The number of hydrazine groups is 1. The molecule has 144 valence electrons. The Morgan fingerprint density at radius 2 is 1.58 bits per heavy atom. The zero-order valence-electron chi connectivity index (χ0n) is 16.0. The Morgan fingerprint density at radius 1 is 1.04 bits per heavy atom. The number of nitrogens with one attached hydrogen (secondary N) is 1. The summed E-state index contributed by atoms with van der Waals surface area (Å²) in [4.78, 5) is 27.9. The fraction of sp³-hybridized carbons (Fsp3) is 0.471.